The highest BCUT2D eigenvalue weighted by atomic mass is 16.5. The van der Waals surface area contributed by atoms with Gasteiger partial charge in [0.05, 0.1) is 6.10 Å². The molecule has 2 aliphatic heterocycles. The first kappa shape index (κ1) is 11.9. The van der Waals surface area contributed by atoms with Gasteiger partial charge in [-0.1, -0.05) is 0 Å². The molecule has 0 aromatic heterocycles. The molecule has 98 valence electrons. The summed E-state index contributed by atoms with van der Waals surface area (Å²) in [5.41, 5.74) is 0.728. The molecule has 0 aromatic carbocycles. The minimum atomic E-state index is 0.492. The molecule has 1 aliphatic carbocycles. The van der Waals surface area contributed by atoms with Crippen molar-refractivity contribution < 1.29 is 4.74 Å². The van der Waals surface area contributed by atoms with Crippen LogP contribution in [0.1, 0.15) is 38.5 Å². The highest BCUT2D eigenvalue weighted by molar-refractivity contribution is 5.05. The van der Waals surface area contributed by atoms with Gasteiger partial charge in [0.25, 0.3) is 0 Å². The Hall–Kier alpha value is -0.120. The molecule has 2 saturated heterocycles. The minimum Gasteiger partial charge on any atom is -0.377 e. The average molecular weight is 238 g/mol. The van der Waals surface area contributed by atoms with E-state index in [1.165, 1.54) is 58.2 Å². The number of nitrogens with one attached hydrogen (secondary N) is 2. The average Bonchev–Trinajstić information content (AvgIpc) is 3.04. The van der Waals surface area contributed by atoms with Gasteiger partial charge in [0.2, 0.25) is 0 Å². The molecular formula is C14H26N2O. The summed E-state index contributed by atoms with van der Waals surface area (Å²) in [7, 11) is 0. The van der Waals surface area contributed by atoms with Gasteiger partial charge in [-0.25, -0.2) is 0 Å². The molecule has 1 spiro atoms. The van der Waals surface area contributed by atoms with Crippen molar-refractivity contribution in [2.24, 2.45) is 11.3 Å². The second kappa shape index (κ2) is 5.25. The molecule has 2 heterocycles. The van der Waals surface area contributed by atoms with Crippen molar-refractivity contribution >= 4 is 0 Å². The van der Waals surface area contributed by atoms with Crippen LogP contribution in [0, 0.1) is 11.3 Å². The van der Waals surface area contributed by atoms with E-state index in [4.69, 9.17) is 4.74 Å². The predicted octanol–water partition coefficient (Wildman–Crippen LogP) is 1.53. The molecule has 2 N–H and O–H groups in total. The van der Waals surface area contributed by atoms with Crippen LogP contribution in [0.15, 0.2) is 0 Å². The van der Waals surface area contributed by atoms with E-state index in [1.54, 1.807) is 0 Å². The first-order valence-electron chi connectivity index (χ1n) is 7.42. The van der Waals surface area contributed by atoms with E-state index < -0.39 is 0 Å². The third-order valence-electron chi connectivity index (χ3n) is 4.99. The van der Waals surface area contributed by atoms with E-state index in [-0.39, 0.29) is 0 Å². The van der Waals surface area contributed by atoms with Gasteiger partial charge in [-0.05, 0) is 69.5 Å². The summed E-state index contributed by atoms with van der Waals surface area (Å²) in [5.74, 6) is 0.952. The Labute approximate surface area is 105 Å². The molecule has 3 aliphatic rings. The molecule has 2 unspecified atom stereocenters. The van der Waals surface area contributed by atoms with E-state index >= 15 is 0 Å². The third-order valence-corrected chi connectivity index (χ3v) is 4.99. The van der Waals surface area contributed by atoms with E-state index in [1.807, 2.05) is 0 Å². The maximum Gasteiger partial charge on any atom is 0.0699 e. The summed E-state index contributed by atoms with van der Waals surface area (Å²) in [4.78, 5) is 0. The van der Waals surface area contributed by atoms with Crippen molar-refractivity contribution in [2.75, 3.05) is 32.8 Å². The summed E-state index contributed by atoms with van der Waals surface area (Å²) in [5, 5.41) is 7.11. The molecule has 1 saturated carbocycles. The Balaban J connectivity index is 1.33. The van der Waals surface area contributed by atoms with Crippen LogP contribution in [0.3, 0.4) is 0 Å². The predicted molar refractivity (Wildman–Crippen MR) is 69.1 cm³/mol. The number of ether oxygens (including phenoxy) is 1. The SMILES string of the molecule is C1CCC(CNCC2CC23CCNCC3)OC1. The molecular weight excluding hydrogens is 212 g/mol. The number of piperidine rings is 1. The number of hydrogen-bond acceptors (Lipinski definition) is 3. The maximum atomic E-state index is 5.74. The molecule has 2 atom stereocenters. The van der Waals surface area contributed by atoms with Crippen LogP contribution in [0.25, 0.3) is 0 Å². The van der Waals surface area contributed by atoms with Crippen LogP contribution >= 0.6 is 0 Å². The number of rotatable bonds is 4. The van der Waals surface area contributed by atoms with E-state index in [0.717, 1.165) is 24.5 Å². The Kier molecular flexibility index (Phi) is 3.69. The van der Waals surface area contributed by atoms with Crippen molar-refractivity contribution in [2.45, 2.75) is 44.6 Å². The Bertz CT molecular complexity index is 245. The second-order valence-corrected chi connectivity index (χ2v) is 6.16. The summed E-state index contributed by atoms with van der Waals surface area (Å²) < 4.78 is 5.74. The minimum absolute atomic E-state index is 0.492. The van der Waals surface area contributed by atoms with Gasteiger partial charge in [0.1, 0.15) is 0 Å². The van der Waals surface area contributed by atoms with Crippen LogP contribution in [0.4, 0.5) is 0 Å². The lowest BCUT2D eigenvalue weighted by Crippen LogP contribution is -2.35. The number of hydrogen-bond donors (Lipinski definition) is 2. The van der Waals surface area contributed by atoms with Gasteiger partial charge in [0.15, 0.2) is 0 Å². The summed E-state index contributed by atoms with van der Waals surface area (Å²) in [6.45, 7) is 5.75. The summed E-state index contributed by atoms with van der Waals surface area (Å²) in [6.07, 6.45) is 8.63. The van der Waals surface area contributed by atoms with Gasteiger partial charge in [-0.3, -0.25) is 0 Å². The molecule has 3 fully saturated rings. The van der Waals surface area contributed by atoms with Crippen molar-refractivity contribution in [1.29, 1.82) is 0 Å². The van der Waals surface area contributed by atoms with Gasteiger partial charge in [0, 0.05) is 13.2 Å². The standard InChI is InChI=1S/C14H26N2O/c1-2-8-17-13(3-1)11-16-10-12-9-14(12)4-6-15-7-5-14/h12-13,15-16H,1-11H2. The third kappa shape index (κ3) is 2.83. The molecule has 3 nitrogen and oxygen atoms in total. The maximum absolute atomic E-state index is 5.74. The monoisotopic (exact) mass is 238 g/mol. The first-order valence-corrected chi connectivity index (χ1v) is 7.42. The van der Waals surface area contributed by atoms with E-state index in [2.05, 4.69) is 10.6 Å². The highest BCUT2D eigenvalue weighted by Crippen LogP contribution is 2.58. The second-order valence-electron chi connectivity index (χ2n) is 6.16. The normalized spacial score (nSPS) is 36.0. The quantitative estimate of drug-likeness (QED) is 0.779. The van der Waals surface area contributed by atoms with E-state index in [0.29, 0.717) is 6.10 Å². The largest absolute Gasteiger partial charge is 0.377 e. The smallest absolute Gasteiger partial charge is 0.0699 e. The Morgan fingerprint density at radius 3 is 2.82 bits per heavy atom. The topological polar surface area (TPSA) is 33.3 Å². The Morgan fingerprint density at radius 1 is 1.18 bits per heavy atom. The fraction of sp³-hybridized carbons (Fsp3) is 1.00. The van der Waals surface area contributed by atoms with E-state index in [9.17, 15) is 0 Å². The van der Waals surface area contributed by atoms with Crippen LogP contribution < -0.4 is 10.6 Å². The van der Waals surface area contributed by atoms with Gasteiger partial charge in [-0.15, -0.1) is 0 Å². The van der Waals surface area contributed by atoms with Crippen molar-refractivity contribution in [3.8, 4) is 0 Å². The van der Waals surface area contributed by atoms with Crippen molar-refractivity contribution in [3.05, 3.63) is 0 Å². The van der Waals surface area contributed by atoms with Crippen molar-refractivity contribution in [3.63, 3.8) is 0 Å². The van der Waals surface area contributed by atoms with Gasteiger partial charge in [-0.2, -0.15) is 0 Å². The zero-order valence-electron chi connectivity index (χ0n) is 10.8. The molecule has 0 amide bonds. The van der Waals surface area contributed by atoms with Crippen LogP contribution in [0.2, 0.25) is 0 Å². The zero-order valence-corrected chi connectivity index (χ0v) is 10.8. The van der Waals surface area contributed by atoms with Crippen molar-refractivity contribution in [1.82, 2.24) is 10.6 Å². The van der Waals surface area contributed by atoms with Gasteiger partial charge < -0.3 is 15.4 Å². The lowest BCUT2D eigenvalue weighted by Gasteiger charge is -2.25. The molecule has 3 heteroatoms. The zero-order chi connectivity index (χ0) is 11.6. The van der Waals surface area contributed by atoms with Crippen LogP contribution in [0.5, 0.6) is 0 Å². The lowest BCUT2D eigenvalue weighted by molar-refractivity contribution is 0.0167. The highest BCUT2D eigenvalue weighted by Gasteiger charge is 2.53. The molecule has 0 aromatic rings. The molecule has 3 rings (SSSR count). The fourth-order valence-electron chi connectivity index (χ4n) is 3.64. The summed E-state index contributed by atoms with van der Waals surface area (Å²) >= 11 is 0. The fourth-order valence-corrected chi connectivity index (χ4v) is 3.64. The Morgan fingerprint density at radius 2 is 2.06 bits per heavy atom. The van der Waals surface area contributed by atoms with Crippen LogP contribution in [-0.4, -0.2) is 38.9 Å². The molecule has 17 heavy (non-hydrogen) atoms. The lowest BCUT2D eigenvalue weighted by atomic mass is 9.92. The molecule has 0 radical (unpaired) electrons. The van der Waals surface area contributed by atoms with Crippen LogP contribution in [-0.2, 0) is 4.74 Å². The first-order chi connectivity index (χ1) is 8.39. The van der Waals surface area contributed by atoms with Gasteiger partial charge >= 0.3 is 0 Å². The summed E-state index contributed by atoms with van der Waals surface area (Å²) in [6, 6.07) is 0. The molecule has 0 bridgehead atoms.